The van der Waals surface area contributed by atoms with Crippen LogP contribution in [0.4, 0.5) is 0 Å². The molecule has 0 amide bonds. The number of Topliss-reactive ketones (excluding diaryl/α,β-unsaturated/α-hetero) is 2. The number of carbonyl (C=O) groups excluding carboxylic acids is 2. The van der Waals surface area contributed by atoms with E-state index in [4.69, 9.17) is 0 Å². The topological polar surface area (TPSA) is 77.3 Å². The molecular weight excluding hydrogens is 210 g/mol. The Hall–Kier alpha value is -1.26. The van der Waals surface area contributed by atoms with Gasteiger partial charge in [-0.05, 0) is 26.2 Å². The number of rotatable bonds is 7. The van der Waals surface area contributed by atoms with Gasteiger partial charge in [-0.25, -0.2) is 0 Å². The van der Waals surface area contributed by atoms with Crippen molar-refractivity contribution in [1.29, 1.82) is 0 Å². The van der Waals surface area contributed by atoms with Crippen molar-refractivity contribution in [2.45, 2.75) is 34.1 Å². The smallest absolute Gasteiger partial charge is 0.207 e. The highest BCUT2D eigenvalue weighted by Crippen LogP contribution is 2.23. The molecule has 0 aromatic heterocycles. The van der Waals surface area contributed by atoms with Gasteiger partial charge in [-0.2, -0.15) is 0 Å². The van der Waals surface area contributed by atoms with Crippen LogP contribution in [0.3, 0.4) is 0 Å². The molecule has 0 saturated carbocycles. The maximum absolute atomic E-state index is 11.3. The van der Waals surface area contributed by atoms with Crippen LogP contribution < -0.4 is 0 Å². The second-order valence-corrected chi connectivity index (χ2v) is 4.60. The van der Waals surface area contributed by atoms with Gasteiger partial charge in [-0.1, -0.05) is 13.8 Å². The second-order valence-electron chi connectivity index (χ2n) is 4.60. The monoisotopic (exact) mass is 229 g/mol. The summed E-state index contributed by atoms with van der Waals surface area (Å²) in [7, 11) is 0. The molecule has 0 spiro atoms. The zero-order valence-electron chi connectivity index (χ0n) is 10.2. The third kappa shape index (κ3) is 5.00. The number of ketones is 2. The minimum atomic E-state index is -0.826. The Kier molecular flexibility index (Phi) is 5.85. The van der Waals surface area contributed by atoms with E-state index in [2.05, 4.69) is 0 Å². The quantitative estimate of drug-likeness (QED) is 0.378. The summed E-state index contributed by atoms with van der Waals surface area (Å²) >= 11 is 0. The Bertz CT molecular complexity index is 272. The third-order valence-electron chi connectivity index (χ3n) is 2.51. The van der Waals surface area contributed by atoms with Crippen LogP contribution in [0.2, 0.25) is 0 Å². The van der Waals surface area contributed by atoms with Crippen LogP contribution in [0.1, 0.15) is 34.1 Å². The maximum Gasteiger partial charge on any atom is 0.207 e. The Morgan fingerprint density at radius 1 is 1.19 bits per heavy atom. The van der Waals surface area contributed by atoms with E-state index < -0.39 is 16.8 Å². The summed E-state index contributed by atoms with van der Waals surface area (Å²) in [5.41, 5.74) is 0. The van der Waals surface area contributed by atoms with Crippen molar-refractivity contribution in [2.75, 3.05) is 6.54 Å². The van der Waals surface area contributed by atoms with Crippen molar-refractivity contribution in [3.05, 3.63) is 10.1 Å². The summed E-state index contributed by atoms with van der Waals surface area (Å²) < 4.78 is 0. The van der Waals surface area contributed by atoms with E-state index in [-0.39, 0.29) is 24.0 Å². The Labute approximate surface area is 95.4 Å². The first-order valence-electron chi connectivity index (χ1n) is 5.38. The zero-order chi connectivity index (χ0) is 12.9. The number of carbonyl (C=O) groups is 2. The lowest BCUT2D eigenvalue weighted by atomic mass is 9.81. The summed E-state index contributed by atoms with van der Waals surface area (Å²) in [6, 6.07) is 0. The molecule has 0 heterocycles. The van der Waals surface area contributed by atoms with Crippen LogP contribution in [0, 0.1) is 27.9 Å². The Balaban J connectivity index is 4.87. The molecule has 0 aliphatic rings. The molecular formula is C11H19NO4. The van der Waals surface area contributed by atoms with Crippen molar-refractivity contribution in [3.8, 4) is 0 Å². The Morgan fingerprint density at radius 3 is 1.88 bits per heavy atom. The molecule has 0 aliphatic heterocycles. The molecule has 16 heavy (non-hydrogen) atoms. The summed E-state index contributed by atoms with van der Waals surface area (Å²) in [5.74, 6) is -1.64. The van der Waals surface area contributed by atoms with Crippen molar-refractivity contribution in [2.24, 2.45) is 17.8 Å². The van der Waals surface area contributed by atoms with Gasteiger partial charge in [-0.3, -0.25) is 19.7 Å². The van der Waals surface area contributed by atoms with E-state index >= 15 is 0 Å². The lowest BCUT2D eigenvalue weighted by Crippen LogP contribution is -2.33. The molecule has 5 heteroatoms. The molecule has 0 aliphatic carbocycles. The van der Waals surface area contributed by atoms with Gasteiger partial charge in [-0.15, -0.1) is 0 Å². The molecule has 0 aromatic rings. The summed E-state index contributed by atoms with van der Waals surface area (Å²) in [6.07, 6.45) is 0.519. The van der Waals surface area contributed by atoms with Crippen LogP contribution in [0.25, 0.3) is 0 Å². The van der Waals surface area contributed by atoms with Crippen LogP contribution in [-0.2, 0) is 9.59 Å². The predicted octanol–water partition coefficient (Wildman–Crippen LogP) is 1.72. The highest BCUT2D eigenvalue weighted by molar-refractivity contribution is 6.00. The van der Waals surface area contributed by atoms with E-state index in [0.29, 0.717) is 6.42 Å². The van der Waals surface area contributed by atoms with E-state index in [1.54, 1.807) is 0 Å². The highest BCUT2D eigenvalue weighted by Gasteiger charge is 2.33. The number of hydrogen-bond acceptors (Lipinski definition) is 4. The average Bonchev–Trinajstić information content (AvgIpc) is 1.98. The molecule has 92 valence electrons. The van der Waals surface area contributed by atoms with E-state index in [1.165, 1.54) is 13.8 Å². The van der Waals surface area contributed by atoms with E-state index in [9.17, 15) is 19.7 Å². The minimum absolute atomic E-state index is 0.228. The maximum atomic E-state index is 11.3. The molecule has 0 bridgehead atoms. The fourth-order valence-electron chi connectivity index (χ4n) is 2.06. The molecule has 0 fully saturated rings. The highest BCUT2D eigenvalue weighted by atomic mass is 16.6. The SMILES string of the molecule is CC(=O)C(C(C)=O)[C@H](CC(C)C)C[N+](=O)[O-]. The van der Waals surface area contributed by atoms with Crippen molar-refractivity contribution < 1.29 is 14.5 Å². The summed E-state index contributed by atoms with van der Waals surface area (Å²) in [4.78, 5) is 32.8. The van der Waals surface area contributed by atoms with Gasteiger partial charge in [0.2, 0.25) is 6.54 Å². The van der Waals surface area contributed by atoms with Crippen molar-refractivity contribution in [3.63, 3.8) is 0 Å². The van der Waals surface area contributed by atoms with Gasteiger partial charge in [0.25, 0.3) is 0 Å². The molecule has 0 aromatic carbocycles. The summed E-state index contributed by atoms with van der Waals surface area (Å²) in [6.45, 7) is 6.16. The van der Waals surface area contributed by atoms with Gasteiger partial charge in [0.1, 0.15) is 11.6 Å². The molecule has 0 N–H and O–H groups in total. The van der Waals surface area contributed by atoms with E-state index in [0.717, 1.165) is 0 Å². The fourth-order valence-corrected chi connectivity index (χ4v) is 2.06. The lowest BCUT2D eigenvalue weighted by molar-refractivity contribution is -0.489. The second kappa shape index (κ2) is 6.35. The van der Waals surface area contributed by atoms with Crippen LogP contribution in [0.15, 0.2) is 0 Å². The molecule has 0 rings (SSSR count). The van der Waals surface area contributed by atoms with E-state index in [1.807, 2.05) is 13.8 Å². The van der Waals surface area contributed by atoms with Crippen molar-refractivity contribution >= 4 is 11.6 Å². The van der Waals surface area contributed by atoms with Gasteiger partial charge >= 0.3 is 0 Å². The Morgan fingerprint density at radius 2 is 1.62 bits per heavy atom. The molecule has 0 unspecified atom stereocenters. The normalized spacial score (nSPS) is 12.9. The number of nitro groups is 1. The lowest BCUT2D eigenvalue weighted by Gasteiger charge is -2.21. The van der Waals surface area contributed by atoms with Crippen molar-refractivity contribution in [1.82, 2.24) is 0 Å². The summed E-state index contributed by atoms with van der Waals surface area (Å²) in [5, 5.41) is 10.5. The first kappa shape index (κ1) is 14.7. The zero-order valence-corrected chi connectivity index (χ0v) is 10.2. The largest absolute Gasteiger partial charge is 0.299 e. The van der Waals surface area contributed by atoms with Gasteiger partial charge < -0.3 is 0 Å². The number of hydrogen-bond donors (Lipinski definition) is 0. The molecule has 1 atom stereocenters. The van der Waals surface area contributed by atoms with Crippen LogP contribution in [0.5, 0.6) is 0 Å². The minimum Gasteiger partial charge on any atom is -0.299 e. The first-order valence-corrected chi connectivity index (χ1v) is 5.38. The number of nitrogens with zero attached hydrogens (tertiary/aromatic N) is 1. The first-order chi connectivity index (χ1) is 7.25. The average molecular weight is 229 g/mol. The molecule has 0 saturated heterocycles. The molecule has 5 nitrogen and oxygen atoms in total. The third-order valence-corrected chi connectivity index (χ3v) is 2.51. The molecule has 0 radical (unpaired) electrons. The van der Waals surface area contributed by atoms with Crippen LogP contribution in [-0.4, -0.2) is 23.0 Å². The van der Waals surface area contributed by atoms with Gasteiger partial charge in [0.05, 0.1) is 5.92 Å². The van der Waals surface area contributed by atoms with Gasteiger partial charge in [0, 0.05) is 10.8 Å². The standard InChI is InChI=1S/C11H19NO4/c1-7(2)5-10(6-12(15)16)11(8(3)13)9(4)14/h7,10-11H,5-6H2,1-4H3/t10-/m1/s1. The van der Waals surface area contributed by atoms with Crippen LogP contribution >= 0.6 is 0 Å². The van der Waals surface area contributed by atoms with Gasteiger partial charge in [0.15, 0.2) is 0 Å². The fraction of sp³-hybridized carbons (Fsp3) is 0.818. The predicted molar refractivity (Wildman–Crippen MR) is 59.7 cm³/mol.